The molecule has 2 atom stereocenters. The van der Waals surface area contributed by atoms with E-state index >= 15 is 0 Å². The number of nitrogens with one attached hydrogen (secondary N) is 3. The van der Waals surface area contributed by atoms with Crippen molar-refractivity contribution in [3.8, 4) is 0 Å². The molecule has 0 spiro atoms. The summed E-state index contributed by atoms with van der Waals surface area (Å²) in [4.78, 5) is 22.6. The van der Waals surface area contributed by atoms with E-state index in [4.69, 9.17) is 4.74 Å². The molecule has 16 heavy (non-hydrogen) atoms. The first-order valence-corrected chi connectivity index (χ1v) is 5.64. The number of amides is 2. The Hall–Kier alpha value is -1.14. The molecular weight excluding hydrogens is 210 g/mol. The molecule has 2 heterocycles. The van der Waals surface area contributed by atoms with Gasteiger partial charge in [-0.15, -0.1) is 0 Å². The van der Waals surface area contributed by atoms with E-state index in [0.29, 0.717) is 26.0 Å². The van der Waals surface area contributed by atoms with Gasteiger partial charge in [0.25, 0.3) is 0 Å². The summed E-state index contributed by atoms with van der Waals surface area (Å²) in [6, 6.07) is -0.174. The van der Waals surface area contributed by atoms with Gasteiger partial charge in [0.1, 0.15) is 6.04 Å². The van der Waals surface area contributed by atoms with Crippen molar-refractivity contribution in [2.75, 3.05) is 26.3 Å². The first-order valence-electron chi connectivity index (χ1n) is 5.64. The predicted octanol–water partition coefficient (Wildman–Crippen LogP) is -1.63. The molecule has 2 rings (SSSR count). The number of hydrogen-bond acceptors (Lipinski definition) is 4. The maximum atomic E-state index is 11.6. The van der Waals surface area contributed by atoms with Crippen LogP contribution in [0.1, 0.15) is 12.8 Å². The van der Waals surface area contributed by atoms with Crippen molar-refractivity contribution in [1.82, 2.24) is 16.0 Å². The van der Waals surface area contributed by atoms with Crippen molar-refractivity contribution < 1.29 is 14.3 Å². The molecule has 2 aliphatic rings. The molecule has 1 unspecified atom stereocenters. The standard InChI is InChI=1S/C10H17N3O3/c14-9-2-1-8(13-9)10(15)12-5-7-6-16-4-3-11-7/h7-8,11H,1-6H2,(H,12,15)(H,13,14)/t7?,8-/m1/s1. The largest absolute Gasteiger partial charge is 0.378 e. The molecule has 2 aliphatic heterocycles. The highest BCUT2D eigenvalue weighted by Crippen LogP contribution is 2.06. The van der Waals surface area contributed by atoms with Crippen LogP contribution in [0.5, 0.6) is 0 Å². The fraction of sp³-hybridized carbons (Fsp3) is 0.800. The molecule has 2 fully saturated rings. The first-order chi connectivity index (χ1) is 7.75. The summed E-state index contributed by atoms with van der Waals surface area (Å²) in [7, 11) is 0. The number of carbonyl (C=O) groups excluding carboxylic acids is 2. The lowest BCUT2D eigenvalue weighted by Gasteiger charge is -2.24. The Morgan fingerprint density at radius 2 is 2.44 bits per heavy atom. The van der Waals surface area contributed by atoms with Gasteiger partial charge < -0.3 is 20.7 Å². The lowest BCUT2D eigenvalue weighted by Crippen LogP contribution is -2.51. The van der Waals surface area contributed by atoms with Crippen LogP contribution in [0.15, 0.2) is 0 Å². The van der Waals surface area contributed by atoms with Crippen LogP contribution in [0.25, 0.3) is 0 Å². The highest BCUT2D eigenvalue weighted by molar-refractivity contribution is 5.90. The second-order valence-electron chi connectivity index (χ2n) is 4.13. The monoisotopic (exact) mass is 227 g/mol. The summed E-state index contributed by atoms with van der Waals surface area (Å²) in [6.45, 7) is 2.71. The van der Waals surface area contributed by atoms with Gasteiger partial charge in [0.05, 0.1) is 13.2 Å². The number of rotatable bonds is 3. The van der Waals surface area contributed by atoms with E-state index in [1.165, 1.54) is 0 Å². The molecule has 0 aromatic rings. The van der Waals surface area contributed by atoms with Crippen molar-refractivity contribution in [1.29, 1.82) is 0 Å². The van der Waals surface area contributed by atoms with E-state index in [0.717, 1.165) is 13.2 Å². The van der Waals surface area contributed by atoms with Gasteiger partial charge in [0.2, 0.25) is 11.8 Å². The lowest BCUT2D eigenvalue weighted by molar-refractivity contribution is -0.125. The predicted molar refractivity (Wildman–Crippen MR) is 56.8 cm³/mol. The highest BCUT2D eigenvalue weighted by Gasteiger charge is 2.27. The van der Waals surface area contributed by atoms with Crippen molar-refractivity contribution >= 4 is 11.8 Å². The zero-order valence-electron chi connectivity index (χ0n) is 9.12. The van der Waals surface area contributed by atoms with Crippen LogP contribution in [0.3, 0.4) is 0 Å². The quantitative estimate of drug-likeness (QED) is 0.541. The average Bonchev–Trinajstić information content (AvgIpc) is 2.74. The van der Waals surface area contributed by atoms with Crippen LogP contribution in [0.4, 0.5) is 0 Å². The second-order valence-corrected chi connectivity index (χ2v) is 4.13. The Labute approximate surface area is 94.1 Å². The number of hydrogen-bond donors (Lipinski definition) is 3. The van der Waals surface area contributed by atoms with Gasteiger partial charge in [-0.25, -0.2) is 0 Å². The van der Waals surface area contributed by atoms with Gasteiger partial charge in [-0.1, -0.05) is 0 Å². The topological polar surface area (TPSA) is 79.5 Å². The maximum absolute atomic E-state index is 11.6. The van der Waals surface area contributed by atoms with Gasteiger partial charge in [0, 0.05) is 25.6 Å². The van der Waals surface area contributed by atoms with Gasteiger partial charge in [-0.05, 0) is 6.42 Å². The Morgan fingerprint density at radius 3 is 3.06 bits per heavy atom. The van der Waals surface area contributed by atoms with E-state index < -0.39 is 0 Å². The Kier molecular flexibility index (Phi) is 3.74. The number of morpholine rings is 1. The maximum Gasteiger partial charge on any atom is 0.242 e. The van der Waals surface area contributed by atoms with E-state index in [2.05, 4.69) is 16.0 Å². The van der Waals surface area contributed by atoms with Crippen molar-refractivity contribution in [3.63, 3.8) is 0 Å². The third-order valence-corrected chi connectivity index (χ3v) is 2.83. The Morgan fingerprint density at radius 1 is 1.56 bits per heavy atom. The fourth-order valence-electron chi connectivity index (χ4n) is 1.91. The van der Waals surface area contributed by atoms with Gasteiger partial charge in [-0.3, -0.25) is 9.59 Å². The molecular formula is C10H17N3O3. The zero-order chi connectivity index (χ0) is 11.4. The molecule has 0 aliphatic carbocycles. The minimum absolute atomic E-state index is 0.0423. The van der Waals surface area contributed by atoms with E-state index in [1.54, 1.807) is 0 Å². The van der Waals surface area contributed by atoms with Crippen molar-refractivity contribution in [2.45, 2.75) is 24.9 Å². The number of ether oxygens (including phenoxy) is 1. The van der Waals surface area contributed by atoms with Crippen molar-refractivity contribution in [2.24, 2.45) is 0 Å². The fourth-order valence-corrected chi connectivity index (χ4v) is 1.91. The SMILES string of the molecule is O=C1CC[C@H](C(=O)NCC2COCCN2)N1. The second kappa shape index (κ2) is 5.27. The molecule has 0 aromatic heterocycles. The summed E-state index contributed by atoms with van der Waals surface area (Å²) in [5.74, 6) is -0.141. The third kappa shape index (κ3) is 2.93. The summed E-state index contributed by atoms with van der Waals surface area (Å²) >= 11 is 0. The van der Waals surface area contributed by atoms with Crippen LogP contribution < -0.4 is 16.0 Å². The molecule has 2 saturated heterocycles. The van der Waals surface area contributed by atoms with E-state index in [9.17, 15) is 9.59 Å². The molecule has 3 N–H and O–H groups in total. The zero-order valence-corrected chi connectivity index (χ0v) is 9.12. The smallest absolute Gasteiger partial charge is 0.242 e. The van der Waals surface area contributed by atoms with Crippen LogP contribution in [-0.2, 0) is 14.3 Å². The minimum Gasteiger partial charge on any atom is -0.378 e. The number of carbonyl (C=O) groups is 2. The van der Waals surface area contributed by atoms with E-state index in [1.807, 2.05) is 0 Å². The Bertz CT molecular complexity index is 276. The summed E-state index contributed by atoms with van der Waals surface area (Å²) in [5, 5.41) is 8.70. The van der Waals surface area contributed by atoms with Crippen LogP contribution in [-0.4, -0.2) is 50.2 Å². The summed E-state index contributed by atoms with van der Waals surface area (Å²) in [6.07, 6.45) is 1.04. The normalized spacial score (nSPS) is 29.9. The lowest BCUT2D eigenvalue weighted by atomic mass is 10.2. The highest BCUT2D eigenvalue weighted by atomic mass is 16.5. The van der Waals surface area contributed by atoms with Crippen LogP contribution in [0, 0.1) is 0 Å². The van der Waals surface area contributed by atoms with Gasteiger partial charge in [0.15, 0.2) is 0 Å². The van der Waals surface area contributed by atoms with E-state index in [-0.39, 0.29) is 23.9 Å². The molecule has 0 saturated carbocycles. The Balaban J connectivity index is 1.68. The molecule has 2 amide bonds. The molecule has 6 nitrogen and oxygen atoms in total. The van der Waals surface area contributed by atoms with Gasteiger partial charge in [-0.2, -0.15) is 0 Å². The van der Waals surface area contributed by atoms with Crippen molar-refractivity contribution in [3.05, 3.63) is 0 Å². The molecule has 0 bridgehead atoms. The molecule has 0 radical (unpaired) electrons. The van der Waals surface area contributed by atoms with Crippen LogP contribution >= 0.6 is 0 Å². The molecule has 6 heteroatoms. The summed E-state index contributed by atoms with van der Waals surface area (Å²) in [5.41, 5.74) is 0. The molecule has 90 valence electrons. The van der Waals surface area contributed by atoms with Crippen LogP contribution in [0.2, 0.25) is 0 Å². The third-order valence-electron chi connectivity index (χ3n) is 2.83. The summed E-state index contributed by atoms with van der Waals surface area (Å²) < 4.78 is 5.27. The first kappa shape index (κ1) is 11.3. The van der Waals surface area contributed by atoms with Gasteiger partial charge >= 0.3 is 0 Å². The minimum atomic E-state index is -0.350. The average molecular weight is 227 g/mol. The molecule has 0 aromatic carbocycles.